The summed E-state index contributed by atoms with van der Waals surface area (Å²) in [7, 11) is -3.59. The zero-order valence-corrected chi connectivity index (χ0v) is 13.0. The summed E-state index contributed by atoms with van der Waals surface area (Å²) in [4.78, 5) is 0.238. The zero-order chi connectivity index (χ0) is 14.9. The Hall–Kier alpha value is -0.730. The van der Waals surface area contributed by atoms with E-state index < -0.39 is 10.0 Å². The van der Waals surface area contributed by atoms with Crippen LogP contribution in [0.5, 0.6) is 0 Å². The van der Waals surface area contributed by atoms with Gasteiger partial charge in [-0.05, 0) is 30.5 Å². The maximum Gasteiger partial charge on any atom is 0.243 e. The Kier molecular flexibility index (Phi) is 4.66. The van der Waals surface area contributed by atoms with Gasteiger partial charge in [0.25, 0.3) is 0 Å². The fourth-order valence-electron chi connectivity index (χ4n) is 2.17. The number of nitrogens with two attached hydrogens (primary N) is 1. The molecule has 0 radical (unpaired) electrons. The van der Waals surface area contributed by atoms with Crippen molar-refractivity contribution in [3.8, 4) is 0 Å². The number of sulfonamides is 1. The molecule has 0 bridgehead atoms. The van der Waals surface area contributed by atoms with E-state index in [-0.39, 0.29) is 27.4 Å². The van der Waals surface area contributed by atoms with Crippen molar-refractivity contribution < 1.29 is 13.5 Å². The van der Waals surface area contributed by atoms with Gasteiger partial charge in [-0.1, -0.05) is 23.8 Å². The van der Waals surface area contributed by atoms with Crippen LogP contribution in [0.25, 0.3) is 0 Å². The van der Waals surface area contributed by atoms with Gasteiger partial charge in [0.15, 0.2) is 0 Å². The second-order valence-electron chi connectivity index (χ2n) is 4.71. The van der Waals surface area contributed by atoms with Gasteiger partial charge in [-0.25, -0.2) is 8.42 Å². The molecule has 1 atom stereocenters. The number of aliphatic hydroxyl groups is 1. The van der Waals surface area contributed by atoms with Crippen molar-refractivity contribution in [2.45, 2.75) is 11.3 Å². The number of rotatable bonds is 4. The molecule has 1 aliphatic rings. The summed E-state index contributed by atoms with van der Waals surface area (Å²) in [5.41, 5.74) is 5.95. The molecule has 1 saturated heterocycles. The predicted octanol–water partition coefficient (Wildman–Crippen LogP) is 0.977. The van der Waals surface area contributed by atoms with Gasteiger partial charge in [-0.15, -0.1) is 0 Å². The second kappa shape index (κ2) is 5.95. The molecule has 0 aliphatic carbocycles. The lowest BCUT2D eigenvalue weighted by Crippen LogP contribution is -2.29. The van der Waals surface area contributed by atoms with E-state index in [1.54, 1.807) is 0 Å². The van der Waals surface area contributed by atoms with Gasteiger partial charge in [0.2, 0.25) is 10.0 Å². The molecular weight excluding hydrogens is 320 g/mol. The molecule has 1 aliphatic heterocycles. The summed E-state index contributed by atoms with van der Waals surface area (Å²) in [5, 5.41) is 9.31. The first kappa shape index (κ1) is 15.7. The summed E-state index contributed by atoms with van der Waals surface area (Å²) in [6, 6.07) is 4.32. The maximum absolute atomic E-state index is 12.5. The van der Waals surface area contributed by atoms with Crippen LogP contribution in [0.3, 0.4) is 0 Å². The third-order valence-electron chi connectivity index (χ3n) is 3.35. The lowest BCUT2D eigenvalue weighted by atomic mass is 10.1. The molecule has 0 amide bonds. The van der Waals surface area contributed by atoms with E-state index in [1.165, 1.54) is 22.5 Å². The van der Waals surface area contributed by atoms with Crippen molar-refractivity contribution in [3.05, 3.63) is 28.8 Å². The van der Waals surface area contributed by atoms with Crippen LogP contribution in [-0.4, -0.2) is 42.5 Å². The van der Waals surface area contributed by atoms with Gasteiger partial charge in [0.1, 0.15) is 4.99 Å². The maximum atomic E-state index is 12.5. The lowest BCUT2D eigenvalue weighted by molar-refractivity contribution is 0.233. The normalized spacial score (nSPS) is 20.2. The smallest absolute Gasteiger partial charge is 0.243 e. The monoisotopic (exact) mass is 334 g/mol. The minimum Gasteiger partial charge on any atom is -0.396 e. The van der Waals surface area contributed by atoms with E-state index in [2.05, 4.69) is 0 Å². The van der Waals surface area contributed by atoms with Crippen LogP contribution in [0.2, 0.25) is 5.02 Å². The molecule has 0 spiro atoms. The fraction of sp³-hybridized carbons (Fsp3) is 0.417. The van der Waals surface area contributed by atoms with E-state index in [0.29, 0.717) is 25.1 Å². The topological polar surface area (TPSA) is 83.6 Å². The standard InChI is InChI=1S/C12H15ClN2O3S2/c13-11-5-9(1-2-10(11)12(14)19)20(17,18)15-4-3-8(6-15)7-16/h1-2,5,8,16H,3-4,6-7H2,(H2,14,19). The molecule has 2 rings (SSSR count). The van der Waals surface area contributed by atoms with Crippen LogP contribution in [0, 0.1) is 5.92 Å². The van der Waals surface area contributed by atoms with E-state index in [1.807, 2.05) is 0 Å². The number of nitrogens with zero attached hydrogens (tertiary/aromatic N) is 1. The Balaban J connectivity index is 2.31. The number of halogens is 1. The van der Waals surface area contributed by atoms with Gasteiger partial charge >= 0.3 is 0 Å². The Morgan fingerprint density at radius 2 is 2.25 bits per heavy atom. The Morgan fingerprint density at radius 3 is 2.75 bits per heavy atom. The zero-order valence-electron chi connectivity index (χ0n) is 10.6. The average molecular weight is 335 g/mol. The molecule has 3 N–H and O–H groups in total. The van der Waals surface area contributed by atoms with Gasteiger partial charge in [0.05, 0.1) is 9.92 Å². The number of hydrogen-bond donors (Lipinski definition) is 2. The third kappa shape index (κ3) is 2.96. The highest BCUT2D eigenvalue weighted by Crippen LogP contribution is 2.27. The quantitative estimate of drug-likeness (QED) is 0.802. The molecule has 1 aromatic rings. The van der Waals surface area contributed by atoms with E-state index >= 15 is 0 Å². The Labute approximate surface area is 128 Å². The molecule has 8 heteroatoms. The minimum absolute atomic E-state index is 0.00357. The Bertz CT molecular complexity index is 634. The Morgan fingerprint density at radius 1 is 1.55 bits per heavy atom. The highest BCUT2D eigenvalue weighted by Gasteiger charge is 2.32. The van der Waals surface area contributed by atoms with Crippen LogP contribution in [-0.2, 0) is 10.0 Å². The van der Waals surface area contributed by atoms with Gasteiger partial charge in [0, 0.05) is 25.3 Å². The fourth-order valence-corrected chi connectivity index (χ4v) is 4.31. The van der Waals surface area contributed by atoms with E-state index in [0.717, 1.165) is 0 Å². The minimum atomic E-state index is -3.59. The summed E-state index contributed by atoms with van der Waals surface area (Å²) in [5.74, 6) is -0.00357. The average Bonchev–Trinajstić information content (AvgIpc) is 2.87. The van der Waals surface area contributed by atoms with Crippen LogP contribution in [0.1, 0.15) is 12.0 Å². The van der Waals surface area contributed by atoms with E-state index in [4.69, 9.17) is 34.7 Å². The van der Waals surface area contributed by atoms with Crippen molar-refractivity contribution in [3.63, 3.8) is 0 Å². The van der Waals surface area contributed by atoms with Crippen molar-refractivity contribution in [1.29, 1.82) is 0 Å². The van der Waals surface area contributed by atoms with Gasteiger partial charge in [-0.3, -0.25) is 0 Å². The van der Waals surface area contributed by atoms with E-state index in [9.17, 15) is 8.42 Å². The first-order valence-corrected chi connectivity index (χ1v) is 8.29. The first-order valence-electron chi connectivity index (χ1n) is 6.06. The van der Waals surface area contributed by atoms with Crippen LogP contribution >= 0.6 is 23.8 Å². The highest BCUT2D eigenvalue weighted by molar-refractivity contribution is 7.89. The van der Waals surface area contributed by atoms with Crippen LogP contribution in [0.15, 0.2) is 23.1 Å². The third-order valence-corrected chi connectivity index (χ3v) is 5.74. The lowest BCUT2D eigenvalue weighted by Gasteiger charge is -2.17. The largest absolute Gasteiger partial charge is 0.396 e. The molecule has 0 aromatic heterocycles. The highest BCUT2D eigenvalue weighted by atomic mass is 35.5. The molecule has 1 fully saturated rings. The molecule has 0 saturated carbocycles. The summed E-state index contributed by atoms with van der Waals surface area (Å²) >= 11 is 10.8. The first-order chi connectivity index (χ1) is 9.36. The molecule has 1 heterocycles. The van der Waals surface area contributed by atoms with Gasteiger partial charge < -0.3 is 10.8 Å². The number of hydrogen-bond acceptors (Lipinski definition) is 4. The van der Waals surface area contributed by atoms with Gasteiger partial charge in [-0.2, -0.15) is 4.31 Å². The number of benzene rings is 1. The molecule has 1 aromatic carbocycles. The second-order valence-corrected chi connectivity index (χ2v) is 7.49. The number of aliphatic hydroxyl groups excluding tert-OH is 1. The van der Waals surface area contributed by atoms with Crippen molar-refractivity contribution in [1.82, 2.24) is 4.31 Å². The van der Waals surface area contributed by atoms with Crippen molar-refractivity contribution in [2.75, 3.05) is 19.7 Å². The number of thiocarbonyl (C=S) groups is 1. The summed E-state index contributed by atoms with van der Waals surface area (Å²) < 4.78 is 26.3. The predicted molar refractivity (Wildman–Crippen MR) is 81.3 cm³/mol. The summed E-state index contributed by atoms with van der Waals surface area (Å²) in [6.45, 7) is 0.725. The molecule has 20 heavy (non-hydrogen) atoms. The molecule has 1 unspecified atom stereocenters. The SMILES string of the molecule is NC(=S)c1ccc(S(=O)(=O)N2CCC(CO)C2)cc1Cl. The van der Waals surface area contributed by atoms with Crippen LogP contribution < -0.4 is 5.73 Å². The van der Waals surface area contributed by atoms with Crippen molar-refractivity contribution in [2.24, 2.45) is 11.7 Å². The molecule has 110 valence electrons. The van der Waals surface area contributed by atoms with Crippen molar-refractivity contribution >= 4 is 38.8 Å². The molecular formula is C12H15ClN2O3S2. The van der Waals surface area contributed by atoms with Crippen LogP contribution in [0.4, 0.5) is 0 Å². The molecule has 5 nitrogen and oxygen atoms in total. The summed E-state index contributed by atoms with van der Waals surface area (Å²) in [6.07, 6.45) is 0.661.